The number of amides is 1. The van der Waals surface area contributed by atoms with Crippen LogP contribution in [0.1, 0.15) is 27.0 Å². The maximum atomic E-state index is 12.9. The maximum absolute atomic E-state index is 12.9. The Morgan fingerprint density at radius 1 is 1.38 bits per heavy atom. The summed E-state index contributed by atoms with van der Waals surface area (Å²) < 4.78 is 14.2. The summed E-state index contributed by atoms with van der Waals surface area (Å²) in [6.07, 6.45) is 1.68. The molecule has 3 heterocycles. The van der Waals surface area contributed by atoms with Gasteiger partial charge in [0.2, 0.25) is 0 Å². The topological polar surface area (TPSA) is 68.6 Å². The average Bonchev–Trinajstić information content (AvgIpc) is 3.32. The maximum Gasteiger partial charge on any atom is 0.261 e. The first-order valence-corrected chi connectivity index (χ1v) is 10.6. The monoisotopic (exact) mass is 414 g/mol. The van der Waals surface area contributed by atoms with E-state index in [4.69, 9.17) is 9.47 Å². The van der Waals surface area contributed by atoms with E-state index < -0.39 is 0 Å². The lowest BCUT2D eigenvalue weighted by atomic mass is 10.0. The second kappa shape index (κ2) is 9.04. The molecule has 1 amide bonds. The molecular weight excluding hydrogens is 388 g/mol. The molecule has 1 N–H and O–H groups in total. The summed E-state index contributed by atoms with van der Waals surface area (Å²) >= 11 is 1.53. The van der Waals surface area contributed by atoms with Crippen LogP contribution in [0.2, 0.25) is 0 Å². The van der Waals surface area contributed by atoms with E-state index in [1.807, 2.05) is 36.1 Å². The number of methoxy groups -OCH3 is 1. The lowest BCUT2D eigenvalue weighted by molar-refractivity contribution is -0.0329. The lowest BCUT2D eigenvalue weighted by Crippen LogP contribution is -2.39. The van der Waals surface area contributed by atoms with Gasteiger partial charge in [-0.1, -0.05) is 18.2 Å². The number of benzene rings is 1. The number of aromatic nitrogens is 2. The number of thiophene rings is 1. The van der Waals surface area contributed by atoms with Crippen molar-refractivity contribution in [3.63, 3.8) is 0 Å². The molecule has 1 aromatic carbocycles. The highest BCUT2D eigenvalue weighted by Gasteiger charge is 2.30. The van der Waals surface area contributed by atoms with E-state index in [2.05, 4.69) is 27.4 Å². The Balaban J connectivity index is 1.60. The molecule has 154 valence electrons. The van der Waals surface area contributed by atoms with E-state index in [-0.39, 0.29) is 12.0 Å². The summed E-state index contributed by atoms with van der Waals surface area (Å²) in [4.78, 5) is 16.0. The average molecular weight is 415 g/mol. The molecule has 1 atom stereocenters. The zero-order chi connectivity index (χ0) is 20.2. The van der Waals surface area contributed by atoms with Crippen molar-refractivity contribution in [3.8, 4) is 0 Å². The third kappa shape index (κ3) is 4.35. The number of hydrogen-bond acceptors (Lipinski definition) is 6. The van der Waals surface area contributed by atoms with Gasteiger partial charge in [0.05, 0.1) is 29.9 Å². The number of carbonyl (C=O) groups excluding carboxylic acids is 1. The molecule has 0 bridgehead atoms. The highest BCUT2D eigenvalue weighted by molar-refractivity contribution is 7.21. The van der Waals surface area contributed by atoms with E-state index in [0.717, 1.165) is 40.2 Å². The minimum absolute atomic E-state index is 0.0643. The fourth-order valence-electron chi connectivity index (χ4n) is 3.71. The van der Waals surface area contributed by atoms with Crippen LogP contribution in [0.4, 0.5) is 0 Å². The van der Waals surface area contributed by atoms with E-state index >= 15 is 0 Å². The SMILES string of the molecule is COCCNC(=O)c1sc2ccccc2c1[C@H]1CN(Cc2ccnn2C)CCO1. The Hall–Kier alpha value is -2.26. The molecule has 0 unspecified atom stereocenters. The largest absolute Gasteiger partial charge is 0.383 e. The van der Waals surface area contributed by atoms with Crippen molar-refractivity contribution in [1.29, 1.82) is 0 Å². The molecule has 2 aromatic heterocycles. The summed E-state index contributed by atoms with van der Waals surface area (Å²) in [5, 5.41) is 8.32. The summed E-state index contributed by atoms with van der Waals surface area (Å²) in [6.45, 7) is 4.03. The Bertz CT molecular complexity index is 983. The number of aryl methyl sites for hydroxylation is 1. The third-order valence-electron chi connectivity index (χ3n) is 5.21. The summed E-state index contributed by atoms with van der Waals surface area (Å²) in [5.74, 6) is -0.0643. The second-order valence-electron chi connectivity index (χ2n) is 7.13. The van der Waals surface area contributed by atoms with Crippen LogP contribution >= 0.6 is 11.3 Å². The number of nitrogens with zero attached hydrogens (tertiary/aromatic N) is 3. The van der Waals surface area contributed by atoms with Gasteiger partial charge in [-0.15, -0.1) is 11.3 Å². The van der Waals surface area contributed by atoms with Crippen molar-refractivity contribution in [2.24, 2.45) is 7.05 Å². The summed E-state index contributed by atoms with van der Waals surface area (Å²) in [5.41, 5.74) is 2.16. The normalized spacial score (nSPS) is 17.7. The van der Waals surface area contributed by atoms with Crippen LogP contribution < -0.4 is 5.32 Å². The van der Waals surface area contributed by atoms with E-state index in [9.17, 15) is 4.79 Å². The predicted molar refractivity (Wildman–Crippen MR) is 113 cm³/mol. The van der Waals surface area contributed by atoms with Crippen LogP contribution in [0.25, 0.3) is 10.1 Å². The van der Waals surface area contributed by atoms with E-state index in [0.29, 0.717) is 19.8 Å². The lowest BCUT2D eigenvalue weighted by Gasteiger charge is -2.33. The van der Waals surface area contributed by atoms with Gasteiger partial charge in [0, 0.05) is 56.8 Å². The van der Waals surface area contributed by atoms with Crippen molar-refractivity contribution in [1.82, 2.24) is 20.0 Å². The van der Waals surface area contributed by atoms with Gasteiger partial charge in [-0.25, -0.2) is 0 Å². The van der Waals surface area contributed by atoms with Crippen LogP contribution in [0, 0.1) is 0 Å². The van der Waals surface area contributed by atoms with Gasteiger partial charge >= 0.3 is 0 Å². The smallest absolute Gasteiger partial charge is 0.261 e. The highest BCUT2D eigenvalue weighted by atomic mass is 32.1. The Morgan fingerprint density at radius 2 is 2.24 bits per heavy atom. The molecule has 1 aliphatic rings. The molecular formula is C21H26N4O3S. The van der Waals surface area contributed by atoms with Crippen molar-refractivity contribution in [3.05, 3.63) is 52.7 Å². The highest BCUT2D eigenvalue weighted by Crippen LogP contribution is 2.38. The zero-order valence-electron chi connectivity index (χ0n) is 16.8. The standard InChI is InChI=1S/C21H26N4O3S/c1-24-15(7-8-23-24)13-25-10-12-28-17(14-25)19-16-5-3-4-6-18(16)29-20(19)21(26)22-9-11-27-2/h3-8,17H,9-14H2,1-2H3,(H,22,26)/t17-/m1/s1. The molecule has 1 saturated heterocycles. The second-order valence-corrected chi connectivity index (χ2v) is 8.18. The number of nitrogens with one attached hydrogen (secondary N) is 1. The Morgan fingerprint density at radius 3 is 3.03 bits per heavy atom. The molecule has 7 nitrogen and oxygen atoms in total. The van der Waals surface area contributed by atoms with Crippen LogP contribution in [0.15, 0.2) is 36.5 Å². The molecule has 1 fully saturated rings. The van der Waals surface area contributed by atoms with Gasteiger partial charge in [-0.3, -0.25) is 14.4 Å². The number of rotatable bonds is 7. The molecule has 29 heavy (non-hydrogen) atoms. The minimum atomic E-state index is -0.142. The fraction of sp³-hybridized carbons (Fsp3) is 0.429. The number of fused-ring (bicyclic) bond motifs is 1. The van der Waals surface area contributed by atoms with Gasteiger partial charge in [0.1, 0.15) is 0 Å². The molecule has 3 aromatic rings. The third-order valence-corrected chi connectivity index (χ3v) is 6.40. The number of hydrogen-bond donors (Lipinski definition) is 1. The van der Waals surface area contributed by atoms with Crippen LogP contribution in [0.3, 0.4) is 0 Å². The van der Waals surface area contributed by atoms with Gasteiger partial charge in [-0.2, -0.15) is 5.10 Å². The molecule has 0 saturated carbocycles. The first-order valence-electron chi connectivity index (χ1n) is 9.76. The molecule has 0 radical (unpaired) electrons. The number of morpholine rings is 1. The van der Waals surface area contributed by atoms with Gasteiger partial charge in [0.25, 0.3) is 5.91 Å². The van der Waals surface area contributed by atoms with Crippen molar-refractivity contribution in [2.75, 3.05) is 40.0 Å². The van der Waals surface area contributed by atoms with Crippen molar-refractivity contribution < 1.29 is 14.3 Å². The van der Waals surface area contributed by atoms with Gasteiger partial charge in [-0.05, 0) is 17.5 Å². The summed E-state index contributed by atoms with van der Waals surface area (Å²) in [7, 11) is 3.59. The van der Waals surface area contributed by atoms with Gasteiger partial charge in [0.15, 0.2) is 0 Å². The molecule has 0 spiro atoms. The first kappa shape index (κ1) is 20.0. The number of ether oxygens (including phenoxy) is 2. The Labute approximate surface area is 174 Å². The molecule has 0 aliphatic carbocycles. The molecule has 1 aliphatic heterocycles. The van der Waals surface area contributed by atoms with Crippen LogP contribution in [0.5, 0.6) is 0 Å². The van der Waals surface area contributed by atoms with Crippen molar-refractivity contribution >= 4 is 27.3 Å². The first-order chi connectivity index (χ1) is 14.2. The molecule has 4 rings (SSSR count). The zero-order valence-corrected chi connectivity index (χ0v) is 17.6. The van der Waals surface area contributed by atoms with E-state index in [1.54, 1.807) is 7.11 Å². The summed E-state index contributed by atoms with van der Waals surface area (Å²) in [6, 6.07) is 10.2. The molecule has 8 heteroatoms. The van der Waals surface area contributed by atoms with Crippen LogP contribution in [-0.2, 0) is 23.1 Å². The fourth-order valence-corrected chi connectivity index (χ4v) is 4.88. The predicted octanol–water partition coefficient (Wildman–Crippen LogP) is 2.58. The van der Waals surface area contributed by atoms with Gasteiger partial charge < -0.3 is 14.8 Å². The number of carbonyl (C=O) groups is 1. The van der Waals surface area contributed by atoms with Crippen molar-refractivity contribution in [2.45, 2.75) is 12.6 Å². The van der Waals surface area contributed by atoms with E-state index in [1.165, 1.54) is 17.0 Å². The Kier molecular flexibility index (Phi) is 6.25. The quantitative estimate of drug-likeness (QED) is 0.602. The minimum Gasteiger partial charge on any atom is -0.383 e. The van der Waals surface area contributed by atoms with Crippen LogP contribution in [-0.4, -0.2) is 60.5 Å².